The Labute approximate surface area is 92.8 Å². The summed E-state index contributed by atoms with van der Waals surface area (Å²) in [5, 5.41) is 12.2. The molecule has 1 atom stereocenters. The van der Waals surface area contributed by atoms with E-state index in [1.807, 2.05) is 6.07 Å². The number of H-pyrrole nitrogens is 1. The van der Waals surface area contributed by atoms with E-state index in [1.54, 1.807) is 0 Å². The molecule has 0 radical (unpaired) electrons. The molecular formula is C11H12ClN3. The maximum Gasteiger partial charge on any atom is 0.132 e. The quantitative estimate of drug-likeness (QED) is 0.776. The van der Waals surface area contributed by atoms with Crippen LogP contribution in [0.5, 0.6) is 0 Å². The van der Waals surface area contributed by atoms with Crippen molar-refractivity contribution in [1.82, 2.24) is 15.5 Å². The zero-order valence-electron chi connectivity index (χ0n) is 8.26. The van der Waals surface area contributed by atoms with E-state index in [-0.39, 0.29) is 0 Å². The van der Waals surface area contributed by atoms with Gasteiger partial charge in [-0.05, 0) is 30.5 Å². The van der Waals surface area contributed by atoms with Crippen LogP contribution in [0.25, 0.3) is 10.9 Å². The number of fused-ring (bicyclic) bond motifs is 1. The molecule has 2 aromatic rings. The molecular weight excluding hydrogens is 210 g/mol. The number of rotatable bonds is 1. The third-order valence-electron chi connectivity index (χ3n) is 3.07. The maximum absolute atomic E-state index is 6.02. The number of hydrogen-bond donors (Lipinski definition) is 2. The number of aromatic amines is 1. The first kappa shape index (κ1) is 9.19. The highest BCUT2D eigenvalue weighted by Crippen LogP contribution is 2.30. The molecule has 2 heterocycles. The fraction of sp³-hybridized carbons (Fsp3) is 0.364. The summed E-state index contributed by atoms with van der Waals surface area (Å²) in [5.41, 5.74) is 2.33. The Bertz CT molecular complexity index is 486. The van der Waals surface area contributed by atoms with Crippen molar-refractivity contribution in [1.29, 1.82) is 0 Å². The van der Waals surface area contributed by atoms with Crippen LogP contribution in [0.4, 0.5) is 0 Å². The molecule has 4 heteroatoms. The lowest BCUT2D eigenvalue weighted by Crippen LogP contribution is -2.08. The van der Waals surface area contributed by atoms with Gasteiger partial charge in [-0.15, -0.1) is 0 Å². The molecule has 1 saturated heterocycles. The Morgan fingerprint density at radius 3 is 3.13 bits per heavy atom. The molecule has 3 nitrogen and oxygen atoms in total. The molecule has 1 aromatic heterocycles. The number of nitrogens with zero attached hydrogens (tertiary/aromatic N) is 1. The predicted octanol–water partition coefficient (Wildman–Crippen LogP) is 2.29. The zero-order valence-corrected chi connectivity index (χ0v) is 9.01. The molecule has 1 fully saturated rings. The number of hydrogen-bond acceptors (Lipinski definition) is 2. The second-order valence-electron chi connectivity index (χ2n) is 3.97. The van der Waals surface area contributed by atoms with Gasteiger partial charge in [0.2, 0.25) is 0 Å². The van der Waals surface area contributed by atoms with Crippen LogP contribution in [-0.2, 0) is 0 Å². The Morgan fingerprint density at radius 1 is 1.40 bits per heavy atom. The maximum atomic E-state index is 6.02. The normalized spacial score (nSPS) is 21.3. The molecule has 0 bridgehead atoms. The molecule has 0 aliphatic carbocycles. The lowest BCUT2D eigenvalue weighted by Gasteiger charge is -2.08. The van der Waals surface area contributed by atoms with Gasteiger partial charge in [0.25, 0.3) is 0 Å². The number of para-hydroxylation sites is 1. The molecule has 0 saturated carbocycles. The van der Waals surface area contributed by atoms with E-state index >= 15 is 0 Å². The van der Waals surface area contributed by atoms with E-state index in [2.05, 4.69) is 27.6 Å². The third-order valence-corrected chi connectivity index (χ3v) is 3.36. The minimum absolute atomic E-state index is 0.577. The number of aromatic nitrogens is 2. The third kappa shape index (κ3) is 1.43. The van der Waals surface area contributed by atoms with Crippen LogP contribution in [0.2, 0.25) is 5.15 Å². The summed E-state index contributed by atoms with van der Waals surface area (Å²) in [6.07, 6.45) is 1.18. The molecule has 0 amide bonds. The van der Waals surface area contributed by atoms with E-state index in [9.17, 15) is 0 Å². The number of halogens is 1. The van der Waals surface area contributed by atoms with Gasteiger partial charge < -0.3 is 5.32 Å². The first-order valence-electron chi connectivity index (χ1n) is 5.19. The average molecular weight is 222 g/mol. The summed E-state index contributed by atoms with van der Waals surface area (Å²) in [4.78, 5) is 0. The van der Waals surface area contributed by atoms with Crippen molar-refractivity contribution < 1.29 is 0 Å². The average Bonchev–Trinajstić information content (AvgIpc) is 2.88. The Morgan fingerprint density at radius 2 is 2.33 bits per heavy atom. The van der Waals surface area contributed by atoms with Gasteiger partial charge in [-0.3, -0.25) is 5.10 Å². The first-order valence-corrected chi connectivity index (χ1v) is 5.57. The van der Waals surface area contributed by atoms with Crippen LogP contribution >= 0.6 is 11.6 Å². The molecule has 15 heavy (non-hydrogen) atoms. The van der Waals surface area contributed by atoms with Crippen molar-refractivity contribution in [2.24, 2.45) is 0 Å². The first-order chi connectivity index (χ1) is 7.36. The Balaban J connectivity index is 2.17. The molecule has 1 aliphatic rings. The van der Waals surface area contributed by atoms with Gasteiger partial charge in [0.05, 0.1) is 5.52 Å². The van der Waals surface area contributed by atoms with Gasteiger partial charge in [0, 0.05) is 11.9 Å². The second-order valence-corrected chi connectivity index (χ2v) is 4.35. The monoisotopic (exact) mass is 221 g/mol. The van der Waals surface area contributed by atoms with Crippen LogP contribution in [0.15, 0.2) is 18.2 Å². The van der Waals surface area contributed by atoms with E-state index < -0.39 is 0 Å². The van der Waals surface area contributed by atoms with Gasteiger partial charge >= 0.3 is 0 Å². The standard InChI is InChI=1S/C11H12ClN3/c12-11-9-3-1-2-8(10(9)14-15-11)7-4-5-13-6-7/h1-3,7,13H,4-6H2,(H,14,15). The largest absolute Gasteiger partial charge is 0.316 e. The minimum Gasteiger partial charge on any atom is -0.316 e. The van der Waals surface area contributed by atoms with Gasteiger partial charge in [-0.2, -0.15) is 5.10 Å². The molecule has 1 aromatic carbocycles. The van der Waals surface area contributed by atoms with Crippen molar-refractivity contribution in [2.45, 2.75) is 12.3 Å². The van der Waals surface area contributed by atoms with Gasteiger partial charge in [-0.1, -0.05) is 23.7 Å². The minimum atomic E-state index is 0.577. The predicted molar refractivity (Wildman–Crippen MR) is 61.3 cm³/mol. The van der Waals surface area contributed by atoms with Crippen molar-refractivity contribution in [2.75, 3.05) is 13.1 Å². The SMILES string of the molecule is Clc1[nH]nc2c(C3CCNC3)cccc12. The smallest absolute Gasteiger partial charge is 0.132 e. The lowest BCUT2D eigenvalue weighted by atomic mass is 9.96. The van der Waals surface area contributed by atoms with Gasteiger partial charge in [-0.25, -0.2) is 0 Å². The second kappa shape index (κ2) is 3.51. The highest BCUT2D eigenvalue weighted by molar-refractivity contribution is 6.34. The fourth-order valence-electron chi connectivity index (χ4n) is 2.28. The van der Waals surface area contributed by atoms with Crippen molar-refractivity contribution >= 4 is 22.5 Å². The van der Waals surface area contributed by atoms with Crippen LogP contribution in [-0.4, -0.2) is 23.3 Å². The van der Waals surface area contributed by atoms with Crippen LogP contribution < -0.4 is 5.32 Å². The number of nitrogens with one attached hydrogen (secondary N) is 2. The summed E-state index contributed by atoms with van der Waals surface area (Å²) in [5.74, 6) is 0.577. The summed E-state index contributed by atoms with van der Waals surface area (Å²) in [7, 11) is 0. The molecule has 3 rings (SSSR count). The van der Waals surface area contributed by atoms with Crippen molar-refractivity contribution in [3.8, 4) is 0 Å². The highest BCUT2D eigenvalue weighted by Gasteiger charge is 2.20. The summed E-state index contributed by atoms with van der Waals surface area (Å²) < 4.78 is 0. The summed E-state index contributed by atoms with van der Waals surface area (Å²) in [6, 6.07) is 6.21. The molecule has 1 aliphatic heterocycles. The summed E-state index contributed by atoms with van der Waals surface area (Å²) >= 11 is 6.02. The topological polar surface area (TPSA) is 40.7 Å². The molecule has 1 unspecified atom stereocenters. The van der Waals surface area contributed by atoms with E-state index in [4.69, 9.17) is 11.6 Å². The summed E-state index contributed by atoms with van der Waals surface area (Å²) in [6.45, 7) is 2.14. The molecule has 78 valence electrons. The van der Waals surface area contributed by atoms with Crippen LogP contribution in [0.1, 0.15) is 17.9 Å². The number of benzene rings is 1. The highest BCUT2D eigenvalue weighted by atomic mass is 35.5. The van der Waals surface area contributed by atoms with E-state index in [0.29, 0.717) is 11.1 Å². The van der Waals surface area contributed by atoms with Crippen LogP contribution in [0.3, 0.4) is 0 Å². The van der Waals surface area contributed by atoms with Crippen molar-refractivity contribution in [3.63, 3.8) is 0 Å². The Hall–Kier alpha value is -1.06. The van der Waals surface area contributed by atoms with E-state index in [0.717, 1.165) is 24.0 Å². The molecule has 0 spiro atoms. The van der Waals surface area contributed by atoms with Gasteiger partial charge in [0.15, 0.2) is 0 Å². The fourth-order valence-corrected chi connectivity index (χ4v) is 2.47. The zero-order chi connectivity index (χ0) is 10.3. The Kier molecular flexibility index (Phi) is 2.15. The van der Waals surface area contributed by atoms with Gasteiger partial charge in [0.1, 0.15) is 5.15 Å². The molecule has 2 N–H and O–H groups in total. The lowest BCUT2D eigenvalue weighted by molar-refractivity contribution is 0.767. The van der Waals surface area contributed by atoms with Crippen molar-refractivity contribution in [3.05, 3.63) is 28.9 Å². The van der Waals surface area contributed by atoms with E-state index in [1.165, 1.54) is 12.0 Å². The van der Waals surface area contributed by atoms with Crippen LogP contribution in [0, 0.1) is 0 Å².